The predicted octanol–water partition coefficient (Wildman–Crippen LogP) is 3.72. The largest absolute Gasteiger partial charge is 0.367 e. The second-order valence-corrected chi connectivity index (χ2v) is 7.97. The van der Waals surface area contributed by atoms with Crippen LogP contribution in [0.5, 0.6) is 0 Å². The van der Waals surface area contributed by atoms with Crippen LogP contribution in [0.3, 0.4) is 0 Å². The first kappa shape index (κ1) is 20.3. The smallest absolute Gasteiger partial charge is 0.265 e. The summed E-state index contributed by atoms with van der Waals surface area (Å²) >= 11 is 11.4. The van der Waals surface area contributed by atoms with Crippen molar-refractivity contribution >= 4 is 52.5 Å². The van der Waals surface area contributed by atoms with E-state index in [0.29, 0.717) is 0 Å². The van der Waals surface area contributed by atoms with E-state index in [-0.39, 0.29) is 17.2 Å². The molecule has 2 aliphatic rings. The number of halogens is 1. The Morgan fingerprint density at radius 2 is 2.00 bits per heavy atom. The van der Waals surface area contributed by atoms with Gasteiger partial charge in [-0.15, -0.1) is 6.58 Å². The Kier molecular flexibility index (Phi) is 5.70. The zero-order valence-electron chi connectivity index (χ0n) is 16.2. The summed E-state index contributed by atoms with van der Waals surface area (Å²) in [6, 6.07) is 13.8. The molecule has 4 rings (SSSR count). The molecule has 1 saturated heterocycles. The number of carbonyl (C=O) groups is 2. The van der Waals surface area contributed by atoms with Gasteiger partial charge in [-0.2, -0.15) is 0 Å². The average Bonchev–Trinajstić information content (AvgIpc) is 3.12. The minimum Gasteiger partial charge on any atom is -0.367 e. The Morgan fingerprint density at radius 1 is 1.20 bits per heavy atom. The van der Waals surface area contributed by atoms with Gasteiger partial charge in [-0.3, -0.25) is 19.8 Å². The molecule has 0 atom stereocenters. The van der Waals surface area contributed by atoms with Gasteiger partial charge >= 0.3 is 0 Å². The van der Waals surface area contributed by atoms with Crippen LogP contribution in [0.1, 0.15) is 16.7 Å². The van der Waals surface area contributed by atoms with E-state index in [1.54, 1.807) is 12.2 Å². The number of amides is 2. The minimum absolute atomic E-state index is 0.0660. The highest BCUT2D eigenvalue weighted by Gasteiger charge is 2.32. The molecule has 2 amide bonds. The number of benzene rings is 2. The third-order valence-corrected chi connectivity index (χ3v) is 5.91. The van der Waals surface area contributed by atoms with Crippen LogP contribution < -0.4 is 10.2 Å². The molecule has 2 heterocycles. The third kappa shape index (κ3) is 3.88. The van der Waals surface area contributed by atoms with Crippen molar-refractivity contribution < 1.29 is 9.59 Å². The van der Waals surface area contributed by atoms with Crippen LogP contribution in [0.25, 0.3) is 6.08 Å². The molecule has 0 spiro atoms. The van der Waals surface area contributed by atoms with Crippen LogP contribution in [0.15, 0.2) is 60.7 Å². The van der Waals surface area contributed by atoms with Crippen molar-refractivity contribution in [3.05, 3.63) is 82.4 Å². The number of thiocarbonyl (C=S) groups is 1. The number of nitrogens with one attached hydrogen (secondary N) is 1. The second-order valence-electron chi connectivity index (χ2n) is 7.17. The molecule has 0 bridgehead atoms. The van der Waals surface area contributed by atoms with Crippen molar-refractivity contribution in [2.24, 2.45) is 0 Å². The zero-order chi connectivity index (χ0) is 21.3. The minimum atomic E-state index is -0.480. The van der Waals surface area contributed by atoms with Gasteiger partial charge in [0.15, 0.2) is 5.11 Å². The van der Waals surface area contributed by atoms with Gasteiger partial charge in [0.25, 0.3) is 11.8 Å². The van der Waals surface area contributed by atoms with E-state index in [1.807, 2.05) is 42.5 Å². The van der Waals surface area contributed by atoms with Gasteiger partial charge in [-0.25, -0.2) is 0 Å². The quantitative estimate of drug-likeness (QED) is 0.335. The first-order valence-corrected chi connectivity index (χ1v) is 10.4. The van der Waals surface area contributed by atoms with Crippen molar-refractivity contribution in [2.75, 3.05) is 18.0 Å². The van der Waals surface area contributed by atoms with Crippen LogP contribution >= 0.6 is 23.8 Å². The Bertz CT molecular complexity index is 1100. The van der Waals surface area contributed by atoms with Crippen LogP contribution in [-0.2, 0) is 22.6 Å². The van der Waals surface area contributed by atoms with Crippen molar-refractivity contribution in [1.29, 1.82) is 0 Å². The van der Waals surface area contributed by atoms with Crippen LogP contribution in [0.2, 0.25) is 5.02 Å². The van der Waals surface area contributed by atoms with Gasteiger partial charge in [0.05, 0.1) is 0 Å². The number of anilines is 1. The standard InChI is InChI=1S/C23H20ClN3O2S/c1-2-10-27-22(29)18(21(28)25-23(27)30)13-15-7-8-20-16(12-15)9-11-26(20)14-17-5-3-4-6-19(17)24/h2-8,12-13H,1,9-11,14H2,(H,25,28,30)/b18-13-. The number of nitrogens with zero attached hydrogens (tertiary/aromatic N) is 2. The summed E-state index contributed by atoms with van der Waals surface area (Å²) in [4.78, 5) is 28.6. The van der Waals surface area contributed by atoms with Gasteiger partial charge in [0.1, 0.15) is 5.57 Å². The summed E-state index contributed by atoms with van der Waals surface area (Å²) in [7, 11) is 0. The molecule has 2 aliphatic heterocycles. The fourth-order valence-corrected chi connectivity index (χ4v) is 4.18. The summed E-state index contributed by atoms with van der Waals surface area (Å²) in [5, 5.41) is 3.43. The van der Waals surface area contributed by atoms with E-state index in [0.717, 1.165) is 41.3 Å². The molecule has 0 saturated carbocycles. The molecule has 0 aliphatic carbocycles. The number of rotatable bonds is 5. The predicted molar refractivity (Wildman–Crippen MR) is 123 cm³/mol. The highest BCUT2D eigenvalue weighted by molar-refractivity contribution is 7.80. The lowest BCUT2D eigenvalue weighted by Gasteiger charge is -2.27. The van der Waals surface area contributed by atoms with E-state index in [4.69, 9.17) is 23.8 Å². The lowest BCUT2D eigenvalue weighted by Crippen LogP contribution is -2.53. The van der Waals surface area contributed by atoms with E-state index < -0.39 is 11.8 Å². The topological polar surface area (TPSA) is 52.7 Å². The normalized spacial score (nSPS) is 17.4. The maximum atomic E-state index is 12.7. The second kappa shape index (κ2) is 8.42. The molecule has 7 heteroatoms. The number of hydrogen-bond donors (Lipinski definition) is 1. The maximum Gasteiger partial charge on any atom is 0.265 e. The number of fused-ring (bicyclic) bond motifs is 1. The van der Waals surface area contributed by atoms with E-state index in [2.05, 4.69) is 16.8 Å². The molecule has 5 nitrogen and oxygen atoms in total. The van der Waals surface area contributed by atoms with Gasteiger partial charge in [-0.1, -0.05) is 41.9 Å². The summed E-state index contributed by atoms with van der Waals surface area (Å²) in [6.45, 7) is 5.51. The molecular formula is C23H20ClN3O2S. The SMILES string of the molecule is C=CCN1C(=O)/C(=C\c2ccc3c(c2)CCN3Cc2ccccc2Cl)C(=O)NC1=S. The van der Waals surface area contributed by atoms with Crippen LogP contribution in [-0.4, -0.2) is 34.9 Å². The lowest BCUT2D eigenvalue weighted by molar-refractivity contribution is -0.128. The number of hydrogen-bond acceptors (Lipinski definition) is 4. The lowest BCUT2D eigenvalue weighted by atomic mass is 10.0. The monoisotopic (exact) mass is 437 g/mol. The fraction of sp³-hybridized carbons (Fsp3) is 0.174. The van der Waals surface area contributed by atoms with Gasteiger partial charge in [-0.05, 0) is 59.6 Å². The molecule has 2 aromatic rings. The molecule has 0 radical (unpaired) electrons. The first-order valence-electron chi connectivity index (χ1n) is 9.59. The molecule has 1 N–H and O–H groups in total. The van der Waals surface area contributed by atoms with E-state index >= 15 is 0 Å². The van der Waals surface area contributed by atoms with Crippen molar-refractivity contribution in [3.8, 4) is 0 Å². The molecule has 0 unspecified atom stereocenters. The van der Waals surface area contributed by atoms with Crippen LogP contribution in [0.4, 0.5) is 5.69 Å². The Hall–Kier alpha value is -2.96. The summed E-state index contributed by atoms with van der Waals surface area (Å²) in [5.41, 5.74) is 4.28. The molecule has 30 heavy (non-hydrogen) atoms. The maximum absolute atomic E-state index is 12.7. The van der Waals surface area contributed by atoms with Crippen molar-refractivity contribution in [3.63, 3.8) is 0 Å². The van der Waals surface area contributed by atoms with Gasteiger partial charge in [0, 0.05) is 30.3 Å². The van der Waals surface area contributed by atoms with Gasteiger partial charge < -0.3 is 4.90 Å². The van der Waals surface area contributed by atoms with Crippen molar-refractivity contribution in [2.45, 2.75) is 13.0 Å². The highest BCUT2D eigenvalue weighted by atomic mass is 35.5. The molecule has 2 aromatic carbocycles. The van der Waals surface area contributed by atoms with Gasteiger partial charge in [0.2, 0.25) is 0 Å². The number of carbonyl (C=O) groups excluding carboxylic acids is 2. The van der Waals surface area contributed by atoms with E-state index in [1.165, 1.54) is 10.5 Å². The Labute approximate surface area is 185 Å². The highest BCUT2D eigenvalue weighted by Crippen LogP contribution is 2.32. The molecular weight excluding hydrogens is 418 g/mol. The van der Waals surface area contributed by atoms with Crippen LogP contribution in [0, 0.1) is 0 Å². The zero-order valence-corrected chi connectivity index (χ0v) is 17.8. The molecule has 152 valence electrons. The summed E-state index contributed by atoms with van der Waals surface area (Å²) in [5.74, 6) is -0.893. The Morgan fingerprint density at radius 3 is 2.77 bits per heavy atom. The van der Waals surface area contributed by atoms with Crippen molar-refractivity contribution in [1.82, 2.24) is 10.2 Å². The molecule has 1 fully saturated rings. The average molecular weight is 438 g/mol. The fourth-order valence-electron chi connectivity index (χ4n) is 3.73. The first-order chi connectivity index (χ1) is 14.5. The third-order valence-electron chi connectivity index (χ3n) is 5.22. The molecule has 0 aromatic heterocycles. The van der Waals surface area contributed by atoms with E-state index in [9.17, 15) is 9.59 Å². The summed E-state index contributed by atoms with van der Waals surface area (Å²) < 4.78 is 0. The summed E-state index contributed by atoms with van der Waals surface area (Å²) in [6.07, 6.45) is 4.08. The Balaban J connectivity index is 1.58.